The van der Waals surface area contributed by atoms with Crippen molar-refractivity contribution in [3.05, 3.63) is 32.3 Å². The molecule has 0 amide bonds. The van der Waals surface area contributed by atoms with Gasteiger partial charge in [0, 0.05) is 33.1 Å². The molecular weight excluding hydrogens is 316 g/mol. The molecule has 0 unspecified atom stereocenters. The average Bonchev–Trinajstić information content (AvgIpc) is 3.10. The molecule has 0 aromatic heterocycles. The Morgan fingerprint density at radius 2 is 2.22 bits per heavy atom. The smallest absolute Gasteiger partial charge is 0.273 e. The minimum absolute atomic E-state index is 0.151. The molecule has 0 spiro atoms. The maximum atomic E-state index is 10.8. The Hall–Kier alpha value is -0.750. The van der Waals surface area contributed by atoms with Crippen LogP contribution in [0.4, 0.5) is 11.4 Å². The van der Waals surface area contributed by atoms with Gasteiger partial charge in [0.25, 0.3) is 5.69 Å². The third kappa shape index (κ3) is 2.80. The summed E-state index contributed by atoms with van der Waals surface area (Å²) in [5, 5.41) is 14.2. The first-order valence-corrected chi connectivity index (χ1v) is 7.73. The Labute approximate surface area is 119 Å². The Bertz CT molecular complexity index is 489. The highest BCUT2D eigenvalue weighted by atomic mass is 79.9. The number of nitrogens with one attached hydrogen (secondary N) is 1. The number of anilines is 1. The van der Waals surface area contributed by atoms with Crippen LogP contribution in [0.15, 0.2) is 16.6 Å². The van der Waals surface area contributed by atoms with Crippen molar-refractivity contribution in [2.75, 3.05) is 18.1 Å². The van der Waals surface area contributed by atoms with E-state index in [1.165, 1.54) is 12.8 Å². The lowest BCUT2D eigenvalue weighted by Crippen LogP contribution is -2.17. The van der Waals surface area contributed by atoms with Gasteiger partial charge >= 0.3 is 0 Å². The molecule has 1 fully saturated rings. The Kier molecular flexibility index (Phi) is 3.87. The first kappa shape index (κ1) is 13.7. The van der Waals surface area contributed by atoms with Crippen molar-refractivity contribution in [2.24, 2.45) is 0 Å². The molecule has 1 aromatic carbocycles. The third-order valence-corrected chi connectivity index (χ3v) is 5.40. The molecule has 1 saturated carbocycles. The number of nitrogens with zero attached hydrogens (tertiary/aromatic N) is 1. The van der Waals surface area contributed by atoms with Gasteiger partial charge in [0.15, 0.2) is 0 Å². The van der Waals surface area contributed by atoms with Crippen LogP contribution in [0, 0.1) is 17.0 Å². The molecule has 0 radical (unpaired) electrons. The lowest BCUT2D eigenvalue weighted by Gasteiger charge is -2.15. The number of hydrogen-bond acceptors (Lipinski definition) is 4. The zero-order chi connectivity index (χ0) is 13.3. The van der Waals surface area contributed by atoms with Crippen molar-refractivity contribution >= 4 is 39.1 Å². The Balaban J connectivity index is 2.14. The highest BCUT2D eigenvalue weighted by Gasteiger charge is 2.41. The van der Waals surface area contributed by atoms with E-state index < -0.39 is 0 Å². The zero-order valence-corrected chi connectivity index (χ0v) is 12.7. The minimum Gasteiger partial charge on any atom is -0.383 e. The molecule has 1 aromatic rings. The number of nitro groups is 1. The van der Waals surface area contributed by atoms with Gasteiger partial charge in [-0.3, -0.25) is 10.1 Å². The summed E-state index contributed by atoms with van der Waals surface area (Å²) < 4.78 is 1.12. The summed E-state index contributed by atoms with van der Waals surface area (Å²) in [4.78, 5) is 10.5. The van der Waals surface area contributed by atoms with E-state index in [4.69, 9.17) is 0 Å². The predicted molar refractivity (Wildman–Crippen MR) is 79.5 cm³/mol. The van der Waals surface area contributed by atoms with E-state index in [2.05, 4.69) is 27.5 Å². The number of halogens is 1. The molecule has 98 valence electrons. The van der Waals surface area contributed by atoms with E-state index in [-0.39, 0.29) is 10.6 Å². The maximum Gasteiger partial charge on any atom is 0.273 e. The van der Waals surface area contributed by atoms with E-state index in [9.17, 15) is 10.1 Å². The molecule has 4 nitrogen and oxygen atoms in total. The van der Waals surface area contributed by atoms with Gasteiger partial charge in [-0.05, 0) is 48.0 Å². The number of nitro benzene ring substituents is 1. The van der Waals surface area contributed by atoms with E-state index in [0.29, 0.717) is 10.3 Å². The fraction of sp³-hybridized carbons (Fsp3) is 0.500. The van der Waals surface area contributed by atoms with Crippen LogP contribution < -0.4 is 5.32 Å². The molecule has 1 N–H and O–H groups in total. The fourth-order valence-corrected chi connectivity index (χ4v) is 3.05. The van der Waals surface area contributed by atoms with Crippen molar-refractivity contribution in [1.82, 2.24) is 0 Å². The largest absolute Gasteiger partial charge is 0.383 e. The summed E-state index contributed by atoms with van der Waals surface area (Å²) in [6.07, 6.45) is 4.61. The van der Waals surface area contributed by atoms with Crippen molar-refractivity contribution in [1.29, 1.82) is 0 Å². The second-order valence-corrected chi connectivity index (χ2v) is 6.74. The van der Waals surface area contributed by atoms with Crippen LogP contribution in [0.5, 0.6) is 0 Å². The monoisotopic (exact) mass is 330 g/mol. The van der Waals surface area contributed by atoms with E-state index in [1.54, 1.807) is 13.0 Å². The van der Waals surface area contributed by atoms with Gasteiger partial charge in [-0.2, -0.15) is 11.8 Å². The summed E-state index contributed by atoms with van der Waals surface area (Å²) >= 11 is 5.28. The fourth-order valence-electron chi connectivity index (χ4n) is 1.85. The first-order valence-electron chi connectivity index (χ1n) is 5.71. The SMILES string of the molecule is CSC1(CNc2cc(C)c([N+](=O)[O-])cc2Br)CC1. The summed E-state index contributed by atoms with van der Waals surface area (Å²) in [5.74, 6) is 0. The highest BCUT2D eigenvalue weighted by Crippen LogP contribution is 2.47. The van der Waals surface area contributed by atoms with Crippen LogP contribution in [-0.2, 0) is 0 Å². The van der Waals surface area contributed by atoms with Crippen molar-refractivity contribution in [3.8, 4) is 0 Å². The summed E-state index contributed by atoms with van der Waals surface area (Å²) in [6, 6.07) is 3.40. The van der Waals surface area contributed by atoms with Gasteiger partial charge < -0.3 is 5.32 Å². The van der Waals surface area contributed by atoms with E-state index in [0.717, 1.165) is 16.7 Å². The standard InChI is InChI=1S/C12H15BrN2O2S/c1-8-5-10(9(13)6-11(8)15(16)17)14-7-12(18-2)3-4-12/h5-6,14H,3-4,7H2,1-2H3. The molecule has 0 aliphatic heterocycles. The van der Waals surface area contributed by atoms with E-state index in [1.807, 2.05) is 17.8 Å². The molecule has 0 heterocycles. The Morgan fingerprint density at radius 1 is 1.56 bits per heavy atom. The molecule has 18 heavy (non-hydrogen) atoms. The second-order valence-electron chi connectivity index (χ2n) is 4.62. The maximum absolute atomic E-state index is 10.8. The van der Waals surface area contributed by atoms with Crippen LogP contribution >= 0.6 is 27.7 Å². The number of rotatable bonds is 5. The number of thioether (sulfide) groups is 1. The summed E-state index contributed by atoms with van der Waals surface area (Å²) in [5.41, 5.74) is 1.76. The lowest BCUT2D eigenvalue weighted by molar-refractivity contribution is -0.385. The predicted octanol–water partition coefficient (Wildman–Crippen LogP) is 3.97. The van der Waals surface area contributed by atoms with Crippen LogP contribution in [0.1, 0.15) is 18.4 Å². The van der Waals surface area contributed by atoms with Gasteiger partial charge in [0.05, 0.1) is 4.92 Å². The van der Waals surface area contributed by atoms with Crippen molar-refractivity contribution in [2.45, 2.75) is 24.5 Å². The van der Waals surface area contributed by atoms with Gasteiger partial charge in [-0.25, -0.2) is 0 Å². The minimum atomic E-state index is -0.353. The molecule has 1 aliphatic rings. The normalized spacial score (nSPS) is 16.4. The average molecular weight is 331 g/mol. The van der Waals surface area contributed by atoms with Gasteiger partial charge in [-0.1, -0.05) is 0 Å². The van der Waals surface area contributed by atoms with Crippen LogP contribution in [0.2, 0.25) is 0 Å². The van der Waals surface area contributed by atoms with Crippen molar-refractivity contribution < 1.29 is 4.92 Å². The molecular formula is C12H15BrN2O2S. The molecule has 0 saturated heterocycles. The Morgan fingerprint density at radius 3 is 2.72 bits per heavy atom. The van der Waals surface area contributed by atoms with Crippen molar-refractivity contribution in [3.63, 3.8) is 0 Å². The number of benzene rings is 1. The molecule has 0 atom stereocenters. The molecule has 2 rings (SSSR count). The summed E-state index contributed by atoms with van der Waals surface area (Å²) in [7, 11) is 0. The van der Waals surface area contributed by atoms with Crippen LogP contribution in [-0.4, -0.2) is 22.5 Å². The molecule has 6 heteroatoms. The first-order chi connectivity index (χ1) is 8.47. The quantitative estimate of drug-likeness (QED) is 0.655. The number of aryl methyl sites for hydroxylation is 1. The second kappa shape index (κ2) is 5.09. The molecule has 1 aliphatic carbocycles. The number of hydrogen-bond donors (Lipinski definition) is 1. The lowest BCUT2D eigenvalue weighted by atomic mass is 10.2. The third-order valence-electron chi connectivity index (χ3n) is 3.32. The summed E-state index contributed by atoms with van der Waals surface area (Å²) in [6.45, 7) is 2.67. The molecule has 0 bridgehead atoms. The van der Waals surface area contributed by atoms with Gasteiger partial charge in [0.1, 0.15) is 0 Å². The van der Waals surface area contributed by atoms with Crippen LogP contribution in [0.25, 0.3) is 0 Å². The highest BCUT2D eigenvalue weighted by molar-refractivity contribution is 9.10. The van der Waals surface area contributed by atoms with Crippen LogP contribution in [0.3, 0.4) is 0 Å². The van der Waals surface area contributed by atoms with Gasteiger partial charge in [0.2, 0.25) is 0 Å². The topological polar surface area (TPSA) is 55.2 Å². The zero-order valence-electron chi connectivity index (χ0n) is 10.3. The van der Waals surface area contributed by atoms with E-state index >= 15 is 0 Å². The van der Waals surface area contributed by atoms with Gasteiger partial charge in [-0.15, -0.1) is 0 Å².